The highest BCUT2D eigenvalue weighted by molar-refractivity contribution is 5.56. The third-order valence-electron chi connectivity index (χ3n) is 5.38. The fourth-order valence-corrected chi connectivity index (χ4v) is 3.94. The molecule has 3 N–H and O–H groups in total. The average Bonchev–Trinajstić information content (AvgIpc) is 3.55. The van der Waals surface area contributed by atoms with Crippen molar-refractivity contribution < 1.29 is 4.52 Å². The average molecular weight is 432 g/mol. The Kier molecular flexibility index (Phi) is 5.51. The van der Waals surface area contributed by atoms with Crippen LogP contribution in [0.5, 0.6) is 0 Å². The lowest BCUT2D eigenvalue weighted by molar-refractivity contribution is 0.362. The van der Waals surface area contributed by atoms with Gasteiger partial charge in [0, 0.05) is 43.2 Å². The zero-order valence-corrected chi connectivity index (χ0v) is 18.0. The van der Waals surface area contributed by atoms with Crippen molar-refractivity contribution in [1.82, 2.24) is 35.6 Å². The van der Waals surface area contributed by atoms with Crippen LogP contribution in [0.1, 0.15) is 36.0 Å². The maximum atomic E-state index is 5.73. The maximum Gasteiger partial charge on any atom is 0.228 e. The lowest BCUT2D eigenvalue weighted by Crippen LogP contribution is -2.25. The minimum atomic E-state index is 0.0188. The fourth-order valence-electron chi connectivity index (χ4n) is 3.94. The van der Waals surface area contributed by atoms with Crippen LogP contribution in [-0.4, -0.2) is 43.9 Å². The maximum absolute atomic E-state index is 5.73. The minimum absolute atomic E-state index is 0.0188. The Morgan fingerprint density at radius 3 is 2.88 bits per heavy atom. The van der Waals surface area contributed by atoms with Gasteiger partial charge in [-0.15, -0.1) is 0 Å². The van der Waals surface area contributed by atoms with E-state index >= 15 is 0 Å². The van der Waals surface area contributed by atoms with Crippen molar-refractivity contribution in [3.63, 3.8) is 0 Å². The molecule has 4 aromatic heterocycles. The number of hydrogen-bond acceptors (Lipinski definition) is 9. The highest BCUT2D eigenvalue weighted by Crippen LogP contribution is 2.36. The molecule has 0 amide bonds. The van der Waals surface area contributed by atoms with Gasteiger partial charge in [-0.05, 0) is 38.9 Å². The molecule has 1 aliphatic heterocycles. The summed E-state index contributed by atoms with van der Waals surface area (Å²) in [7, 11) is 1.90. The third kappa shape index (κ3) is 4.17. The second kappa shape index (κ2) is 8.75. The number of pyridine rings is 1. The zero-order valence-electron chi connectivity index (χ0n) is 18.0. The van der Waals surface area contributed by atoms with Crippen LogP contribution in [0.2, 0.25) is 0 Å². The van der Waals surface area contributed by atoms with Crippen molar-refractivity contribution in [3.8, 4) is 11.4 Å². The van der Waals surface area contributed by atoms with Crippen LogP contribution < -0.4 is 15.5 Å². The molecular weight excluding hydrogens is 406 g/mol. The number of hydrogen-bond donors (Lipinski definition) is 3. The Morgan fingerprint density at radius 2 is 2.09 bits per heavy atom. The predicted octanol–water partition coefficient (Wildman–Crippen LogP) is 3.36. The number of aryl methyl sites for hydroxylation is 1. The Hall–Kier alpha value is -3.79. The van der Waals surface area contributed by atoms with Crippen LogP contribution in [0.3, 0.4) is 0 Å². The highest BCUT2D eigenvalue weighted by atomic mass is 16.5. The van der Waals surface area contributed by atoms with Gasteiger partial charge < -0.3 is 20.1 Å². The summed E-state index contributed by atoms with van der Waals surface area (Å²) < 4.78 is 5.73. The predicted molar refractivity (Wildman–Crippen MR) is 120 cm³/mol. The molecule has 0 aromatic carbocycles. The molecule has 5 heterocycles. The molecule has 1 fully saturated rings. The summed E-state index contributed by atoms with van der Waals surface area (Å²) in [5, 5.41) is 17.9. The molecule has 5 rings (SSSR count). The van der Waals surface area contributed by atoms with Crippen molar-refractivity contribution in [3.05, 3.63) is 59.7 Å². The second-order valence-electron chi connectivity index (χ2n) is 7.82. The van der Waals surface area contributed by atoms with Crippen molar-refractivity contribution in [2.75, 3.05) is 23.8 Å². The molecule has 0 radical (unpaired) electrons. The van der Waals surface area contributed by atoms with E-state index in [1.807, 2.05) is 50.4 Å². The number of aromatic nitrogens is 6. The standard InChI is InChI=1S/C22H25N9O/c1-14-10-21(29-28-14)26-20-11-15(13-23-2)25-22(27-20)31-9-5-7-18(31)19-12-17(30-32-19)16-6-3-4-8-24-16/h3-4,6,8,10-12,18,23H,5,7,9,13H2,1-2H3,(H2,25,26,27,28,29). The van der Waals surface area contributed by atoms with E-state index < -0.39 is 0 Å². The molecule has 0 spiro atoms. The molecule has 4 aromatic rings. The Labute approximate surface area is 185 Å². The van der Waals surface area contributed by atoms with Crippen LogP contribution in [0.15, 0.2) is 47.1 Å². The van der Waals surface area contributed by atoms with Crippen LogP contribution >= 0.6 is 0 Å². The zero-order chi connectivity index (χ0) is 21.9. The summed E-state index contributed by atoms with van der Waals surface area (Å²) in [5.41, 5.74) is 3.39. The van der Waals surface area contributed by atoms with Crippen LogP contribution in [-0.2, 0) is 6.54 Å². The first-order chi connectivity index (χ1) is 15.7. The van der Waals surface area contributed by atoms with Gasteiger partial charge in [0.05, 0.1) is 17.4 Å². The highest BCUT2D eigenvalue weighted by Gasteiger charge is 2.32. The molecule has 1 saturated heterocycles. The van der Waals surface area contributed by atoms with Gasteiger partial charge in [-0.25, -0.2) is 4.98 Å². The van der Waals surface area contributed by atoms with Gasteiger partial charge in [0.1, 0.15) is 11.5 Å². The van der Waals surface area contributed by atoms with Crippen molar-refractivity contribution >= 4 is 17.6 Å². The Morgan fingerprint density at radius 1 is 1.16 bits per heavy atom. The molecule has 164 valence electrons. The molecule has 1 aliphatic rings. The molecule has 32 heavy (non-hydrogen) atoms. The van der Waals surface area contributed by atoms with Crippen LogP contribution in [0.25, 0.3) is 11.4 Å². The van der Waals surface area contributed by atoms with Crippen molar-refractivity contribution in [2.24, 2.45) is 0 Å². The molecule has 10 nitrogen and oxygen atoms in total. The Bertz CT molecular complexity index is 1190. The molecule has 10 heteroatoms. The summed E-state index contributed by atoms with van der Waals surface area (Å²) in [6, 6.07) is 11.6. The van der Waals surface area contributed by atoms with E-state index in [1.165, 1.54) is 0 Å². The number of rotatable bonds is 7. The molecule has 1 unspecified atom stereocenters. The number of nitrogens with one attached hydrogen (secondary N) is 3. The molecule has 0 saturated carbocycles. The van der Waals surface area contributed by atoms with Gasteiger partial charge in [0.2, 0.25) is 5.95 Å². The van der Waals surface area contributed by atoms with Gasteiger partial charge in [0.25, 0.3) is 0 Å². The van der Waals surface area contributed by atoms with E-state index in [1.54, 1.807) is 6.20 Å². The van der Waals surface area contributed by atoms with Gasteiger partial charge in [-0.3, -0.25) is 10.1 Å². The van der Waals surface area contributed by atoms with E-state index in [-0.39, 0.29) is 6.04 Å². The van der Waals surface area contributed by atoms with Crippen LogP contribution in [0, 0.1) is 6.92 Å². The molecule has 1 atom stereocenters. The topological polar surface area (TPSA) is 121 Å². The van der Waals surface area contributed by atoms with E-state index in [0.717, 1.165) is 53.7 Å². The number of nitrogens with zero attached hydrogens (tertiary/aromatic N) is 6. The third-order valence-corrected chi connectivity index (χ3v) is 5.38. The summed E-state index contributed by atoms with van der Waals surface area (Å²) >= 11 is 0. The minimum Gasteiger partial charge on any atom is -0.358 e. The number of aromatic amines is 1. The first-order valence-electron chi connectivity index (χ1n) is 10.7. The molecular formula is C22H25N9O. The van der Waals surface area contributed by atoms with Gasteiger partial charge in [-0.2, -0.15) is 10.1 Å². The molecule has 0 bridgehead atoms. The summed E-state index contributed by atoms with van der Waals surface area (Å²) in [4.78, 5) is 16.1. The largest absolute Gasteiger partial charge is 0.358 e. The normalized spacial score (nSPS) is 15.9. The monoisotopic (exact) mass is 431 g/mol. The molecule has 0 aliphatic carbocycles. The lowest BCUT2D eigenvalue weighted by atomic mass is 10.1. The Balaban J connectivity index is 1.44. The summed E-state index contributed by atoms with van der Waals surface area (Å²) in [6.45, 7) is 3.43. The quantitative estimate of drug-likeness (QED) is 0.404. The first kappa shape index (κ1) is 20.1. The van der Waals surface area contributed by atoms with Crippen molar-refractivity contribution in [1.29, 1.82) is 0 Å². The van der Waals surface area contributed by atoms with Gasteiger partial charge in [0.15, 0.2) is 11.6 Å². The fraction of sp³-hybridized carbons (Fsp3) is 0.318. The lowest BCUT2D eigenvalue weighted by Gasteiger charge is -2.23. The smallest absolute Gasteiger partial charge is 0.228 e. The van der Waals surface area contributed by atoms with E-state index in [4.69, 9.17) is 14.5 Å². The van der Waals surface area contributed by atoms with Crippen molar-refractivity contribution in [2.45, 2.75) is 32.4 Å². The van der Waals surface area contributed by atoms with Gasteiger partial charge in [-0.1, -0.05) is 11.2 Å². The van der Waals surface area contributed by atoms with Crippen LogP contribution in [0.4, 0.5) is 17.6 Å². The van der Waals surface area contributed by atoms with E-state index in [2.05, 4.69) is 35.9 Å². The second-order valence-corrected chi connectivity index (χ2v) is 7.82. The summed E-state index contributed by atoms with van der Waals surface area (Å²) in [5.74, 6) is 2.87. The van der Waals surface area contributed by atoms with E-state index in [9.17, 15) is 0 Å². The first-order valence-corrected chi connectivity index (χ1v) is 10.7. The van der Waals surface area contributed by atoms with Gasteiger partial charge >= 0.3 is 0 Å². The summed E-state index contributed by atoms with van der Waals surface area (Å²) in [6.07, 6.45) is 3.71. The van der Waals surface area contributed by atoms with E-state index in [0.29, 0.717) is 18.3 Å². The number of H-pyrrole nitrogens is 1. The number of anilines is 3. The SMILES string of the molecule is CNCc1cc(Nc2cc(C)[nH]n2)nc(N2CCCC2c2cc(-c3ccccn3)no2)n1.